The lowest BCUT2D eigenvalue weighted by Crippen LogP contribution is -2.36. The Labute approximate surface area is 163 Å². The molecule has 0 radical (unpaired) electrons. The fourth-order valence-corrected chi connectivity index (χ4v) is 4.01. The van der Waals surface area contributed by atoms with Crippen molar-refractivity contribution in [3.63, 3.8) is 0 Å². The highest BCUT2D eigenvalue weighted by Crippen LogP contribution is 2.47. The summed E-state index contributed by atoms with van der Waals surface area (Å²) in [5, 5.41) is 0. The normalized spacial score (nSPS) is 17.1. The number of fused-ring (bicyclic) bond motifs is 2. The topological polar surface area (TPSA) is 66.5 Å². The number of methoxy groups -OCH3 is 3. The molecular weight excluding hydrogens is 362 g/mol. The average molecular weight is 385 g/mol. The van der Waals surface area contributed by atoms with E-state index in [9.17, 15) is 4.79 Å². The van der Waals surface area contributed by atoms with Crippen LogP contribution < -0.4 is 23.7 Å². The van der Waals surface area contributed by atoms with Gasteiger partial charge in [-0.15, -0.1) is 0 Å². The summed E-state index contributed by atoms with van der Waals surface area (Å²) in [6.07, 6.45) is 2.24. The summed E-state index contributed by atoms with van der Waals surface area (Å²) < 4.78 is 27.6. The van der Waals surface area contributed by atoms with Gasteiger partial charge in [-0.1, -0.05) is 6.07 Å². The summed E-state index contributed by atoms with van der Waals surface area (Å²) >= 11 is 0. The van der Waals surface area contributed by atoms with E-state index in [0.717, 1.165) is 34.6 Å². The van der Waals surface area contributed by atoms with Gasteiger partial charge in [0.1, 0.15) is 0 Å². The minimum atomic E-state index is -0.143. The highest BCUT2D eigenvalue weighted by molar-refractivity contribution is 5.62. The molecule has 0 bridgehead atoms. The number of rotatable bonds is 6. The molecule has 7 heteroatoms. The predicted octanol–water partition coefficient (Wildman–Crippen LogP) is 2.74. The van der Waals surface area contributed by atoms with Crippen LogP contribution in [0.5, 0.6) is 28.7 Å². The van der Waals surface area contributed by atoms with Crippen molar-refractivity contribution in [2.75, 3.05) is 34.7 Å². The van der Waals surface area contributed by atoms with E-state index in [1.807, 2.05) is 29.2 Å². The van der Waals surface area contributed by atoms with Crippen LogP contribution in [0.15, 0.2) is 24.3 Å². The van der Waals surface area contributed by atoms with Gasteiger partial charge in [-0.3, -0.25) is 4.79 Å². The molecule has 0 N–H and O–H groups in total. The highest BCUT2D eigenvalue weighted by atomic mass is 16.7. The molecule has 1 atom stereocenters. The smallest absolute Gasteiger partial charge is 0.231 e. The van der Waals surface area contributed by atoms with Crippen molar-refractivity contribution < 1.29 is 28.5 Å². The number of nitrogens with zero attached hydrogens (tertiary/aromatic N) is 1. The van der Waals surface area contributed by atoms with E-state index in [-0.39, 0.29) is 12.8 Å². The molecule has 2 heterocycles. The number of ether oxygens (including phenoxy) is 5. The number of carbonyl (C=O) groups excluding carboxylic acids is 1. The van der Waals surface area contributed by atoms with Crippen molar-refractivity contribution >= 4 is 6.41 Å². The van der Waals surface area contributed by atoms with Gasteiger partial charge in [0.15, 0.2) is 23.0 Å². The maximum atomic E-state index is 11.8. The molecule has 2 aliphatic heterocycles. The molecule has 0 aliphatic carbocycles. The van der Waals surface area contributed by atoms with Crippen molar-refractivity contribution in [1.29, 1.82) is 0 Å². The molecule has 1 unspecified atom stereocenters. The van der Waals surface area contributed by atoms with Gasteiger partial charge >= 0.3 is 0 Å². The van der Waals surface area contributed by atoms with E-state index in [4.69, 9.17) is 23.7 Å². The molecule has 2 aliphatic rings. The summed E-state index contributed by atoms with van der Waals surface area (Å²) in [6.45, 7) is 0.845. The molecule has 0 saturated carbocycles. The van der Waals surface area contributed by atoms with E-state index < -0.39 is 0 Å². The zero-order valence-corrected chi connectivity index (χ0v) is 16.2. The molecule has 7 nitrogen and oxygen atoms in total. The SMILES string of the molecule is COc1cc2c(c(OC)c1OC)CCN(C=O)C2Cc1ccc2c(c1)OCO2. The number of hydrogen-bond donors (Lipinski definition) is 0. The van der Waals surface area contributed by atoms with Crippen molar-refractivity contribution in [2.45, 2.75) is 18.9 Å². The van der Waals surface area contributed by atoms with Gasteiger partial charge in [-0.25, -0.2) is 0 Å². The maximum Gasteiger partial charge on any atom is 0.231 e. The third-order valence-electron chi connectivity index (χ3n) is 5.35. The first-order valence-corrected chi connectivity index (χ1v) is 9.11. The maximum absolute atomic E-state index is 11.8. The van der Waals surface area contributed by atoms with Gasteiger partial charge in [0.05, 0.1) is 27.4 Å². The summed E-state index contributed by atoms with van der Waals surface area (Å²) in [5.41, 5.74) is 3.11. The summed E-state index contributed by atoms with van der Waals surface area (Å²) in [7, 11) is 4.81. The summed E-state index contributed by atoms with van der Waals surface area (Å²) in [6, 6.07) is 7.68. The molecule has 28 heavy (non-hydrogen) atoms. The van der Waals surface area contributed by atoms with E-state index in [0.29, 0.717) is 36.6 Å². The van der Waals surface area contributed by atoms with Crippen molar-refractivity contribution in [3.05, 3.63) is 41.0 Å². The highest BCUT2D eigenvalue weighted by Gasteiger charge is 2.32. The molecule has 2 aromatic rings. The van der Waals surface area contributed by atoms with Crippen LogP contribution in [0.1, 0.15) is 22.7 Å². The molecule has 0 aromatic heterocycles. The van der Waals surface area contributed by atoms with E-state index >= 15 is 0 Å². The molecule has 1 amide bonds. The first-order chi connectivity index (χ1) is 13.7. The molecule has 2 aromatic carbocycles. The van der Waals surface area contributed by atoms with E-state index in [2.05, 4.69) is 0 Å². The second kappa shape index (κ2) is 7.50. The molecule has 0 saturated heterocycles. The zero-order valence-electron chi connectivity index (χ0n) is 16.2. The molecule has 148 valence electrons. The minimum Gasteiger partial charge on any atom is -0.493 e. The number of benzene rings is 2. The Bertz CT molecular complexity index is 897. The second-order valence-corrected chi connectivity index (χ2v) is 6.71. The molecule has 0 fully saturated rings. The Kier molecular flexibility index (Phi) is 4.90. The van der Waals surface area contributed by atoms with Crippen LogP contribution in [0.2, 0.25) is 0 Å². The Morgan fingerprint density at radius 3 is 2.57 bits per heavy atom. The lowest BCUT2D eigenvalue weighted by molar-refractivity contribution is -0.120. The third-order valence-corrected chi connectivity index (χ3v) is 5.35. The predicted molar refractivity (Wildman–Crippen MR) is 102 cm³/mol. The first-order valence-electron chi connectivity index (χ1n) is 9.11. The van der Waals surface area contributed by atoms with Gasteiger partial charge in [0.2, 0.25) is 19.0 Å². The van der Waals surface area contributed by atoms with E-state index in [1.54, 1.807) is 21.3 Å². The lowest BCUT2D eigenvalue weighted by atomic mass is 9.87. The largest absolute Gasteiger partial charge is 0.493 e. The summed E-state index contributed by atoms with van der Waals surface area (Å²) in [4.78, 5) is 13.6. The van der Waals surface area contributed by atoms with Crippen LogP contribution >= 0.6 is 0 Å². The monoisotopic (exact) mass is 385 g/mol. The Hall–Kier alpha value is -3.09. The Morgan fingerprint density at radius 2 is 1.86 bits per heavy atom. The average Bonchev–Trinajstić information content (AvgIpc) is 3.20. The van der Waals surface area contributed by atoms with Crippen LogP contribution in [0.4, 0.5) is 0 Å². The van der Waals surface area contributed by atoms with Gasteiger partial charge in [-0.2, -0.15) is 0 Å². The zero-order chi connectivity index (χ0) is 19.7. The van der Waals surface area contributed by atoms with Crippen LogP contribution in [-0.2, 0) is 17.6 Å². The fourth-order valence-electron chi connectivity index (χ4n) is 4.01. The quantitative estimate of drug-likeness (QED) is 0.713. The van der Waals surface area contributed by atoms with Gasteiger partial charge in [-0.05, 0) is 42.2 Å². The van der Waals surface area contributed by atoms with Crippen molar-refractivity contribution in [1.82, 2.24) is 4.90 Å². The van der Waals surface area contributed by atoms with Gasteiger partial charge in [0.25, 0.3) is 0 Å². The van der Waals surface area contributed by atoms with Gasteiger partial charge in [0, 0.05) is 12.1 Å². The lowest BCUT2D eigenvalue weighted by Gasteiger charge is -2.36. The van der Waals surface area contributed by atoms with E-state index in [1.165, 1.54) is 0 Å². The summed E-state index contributed by atoms with van der Waals surface area (Å²) in [5.74, 6) is 3.30. The molecule has 4 rings (SSSR count). The van der Waals surface area contributed by atoms with Crippen LogP contribution in [0.25, 0.3) is 0 Å². The first kappa shape index (κ1) is 18.3. The molecular formula is C21H23NO6. The molecule has 0 spiro atoms. The van der Waals surface area contributed by atoms with Crippen molar-refractivity contribution in [2.24, 2.45) is 0 Å². The third kappa shape index (κ3) is 2.96. The Balaban J connectivity index is 1.77. The van der Waals surface area contributed by atoms with Crippen molar-refractivity contribution in [3.8, 4) is 28.7 Å². The Morgan fingerprint density at radius 1 is 1.07 bits per heavy atom. The number of carbonyl (C=O) groups is 1. The van der Waals surface area contributed by atoms with Gasteiger partial charge < -0.3 is 28.6 Å². The van der Waals surface area contributed by atoms with Crippen LogP contribution in [0, 0.1) is 0 Å². The number of hydrogen-bond acceptors (Lipinski definition) is 6. The fraction of sp³-hybridized carbons (Fsp3) is 0.381. The number of amides is 1. The van der Waals surface area contributed by atoms with Crippen LogP contribution in [-0.4, -0.2) is 46.0 Å². The minimum absolute atomic E-state index is 0.143. The second-order valence-electron chi connectivity index (χ2n) is 6.71. The standard InChI is InChI=1S/C21H23NO6/c1-24-19-10-15-14(20(25-2)21(19)26-3)6-7-22(11-23)16(15)8-13-4-5-17-18(9-13)28-12-27-17/h4-5,9-11,16H,6-8,12H2,1-3H3. The van der Waals surface area contributed by atoms with Crippen LogP contribution in [0.3, 0.4) is 0 Å².